The molecule has 0 aromatic rings. The molecule has 0 aliphatic heterocycles. The summed E-state index contributed by atoms with van der Waals surface area (Å²) in [6, 6.07) is 0. The van der Waals surface area contributed by atoms with Crippen molar-refractivity contribution in [3.8, 4) is 0 Å². The van der Waals surface area contributed by atoms with Crippen LogP contribution in [-0.4, -0.2) is 69.1 Å². The zero-order chi connectivity index (χ0) is 15.2. The van der Waals surface area contributed by atoms with Crippen LogP contribution in [0.5, 0.6) is 0 Å². The van der Waals surface area contributed by atoms with Crippen LogP contribution < -0.4 is 27.8 Å². The van der Waals surface area contributed by atoms with E-state index in [1.54, 1.807) is 0 Å². The lowest BCUT2D eigenvalue weighted by atomic mass is 10.3. The summed E-state index contributed by atoms with van der Waals surface area (Å²) in [7, 11) is 0. The first kappa shape index (κ1) is 18.5. The van der Waals surface area contributed by atoms with E-state index >= 15 is 0 Å². The molecule has 0 atom stereocenters. The third kappa shape index (κ3) is 9.45. The summed E-state index contributed by atoms with van der Waals surface area (Å²) in [5.74, 6) is -0.578. The van der Waals surface area contributed by atoms with Gasteiger partial charge in [0.1, 0.15) is 0 Å². The summed E-state index contributed by atoms with van der Waals surface area (Å²) >= 11 is 0. The van der Waals surface area contributed by atoms with Crippen LogP contribution in [0.25, 0.3) is 0 Å². The predicted octanol–water partition coefficient (Wildman–Crippen LogP) is -3.05. The number of rotatable bonds is 11. The van der Waals surface area contributed by atoms with Gasteiger partial charge in [0, 0.05) is 64.5 Å². The Morgan fingerprint density at radius 1 is 0.900 bits per heavy atom. The molecule has 0 aliphatic carbocycles. The number of hydrogen-bond acceptors (Lipinski definition) is 6. The summed E-state index contributed by atoms with van der Waals surface area (Å²) < 4.78 is 0. The number of hydrogen-bond donors (Lipinski definition) is 5. The number of amides is 2. The van der Waals surface area contributed by atoms with Crippen molar-refractivity contribution in [2.75, 3.05) is 52.4 Å². The van der Waals surface area contributed by atoms with Gasteiger partial charge in [0.05, 0.1) is 0 Å². The van der Waals surface area contributed by atoms with E-state index in [1.165, 1.54) is 17.1 Å². The van der Waals surface area contributed by atoms with Crippen molar-refractivity contribution in [2.45, 2.75) is 0 Å². The first-order valence-corrected chi connectivity index (χ1v) is 6.71. The summed E-state index contributed by atoms with van der Waals surface area (Å²) in [4.78, 5) is 24.7. The normalized spacial score (nSPS) is 10.8. The molecule has 0 spiro atoms. The average Bonchev–Trinajstić information content (AvgIpc) is 2.44. The van der Waals surface area contributed by atoms with Gasteiger partial charge in [-0.1, -0.05) is 0 Å². The Morgan fingerprint density at radius 2 is 1.55 bits per heavy atom. The lowest BCUT2D eigenvalue weighted by Gasteiger charge is -2.19. The van der Waals surface area contributed by atoms with Gasteiger partial charge in [-0.15, -0.1) is 0 Å². The fourth-order valence-corrected chi connectivity index (χ4v) is 1.46. The molecule has 0 aliphatic rings. The van der Waals surface area contributed by atoms with E-state index in [2.05, 4.69) is 10.6 Å². The van der Waals surface area contributed by atoms with Crippen LogP contribution in [0.1, 0.15) is 0 Å². The lowest BCUT2D eigenvalue weighted by Crippen LogP contribution is -2.38. The molecule has 0 bridgehead atoms. The lowest BCUT2D eigenvalue weighted by molar-refractivity contribution is -0.126. The number of nitrogens with zero attached hydrogens (tertiary/aromatic N) is 1. The highest BCUT2D eigenvalue weighted by molar-refractivity contribution is 5.96. The quantitative estimate of drug-likeness (QED) is 0.202. The molecular formula is C12H26N6O2. The Labute approximate surface area is 119 Å². The Hall–Kier alpha value is -1.48. The molecule has 0 radical (unpaired) electrons. The topological polar surface area (TPSA) is 140 Å². The highest BCUT2D eigenvalue weighted by Gasteiger charge is 2.08. The van der Waals surface area contributed by atoms with Crippen LogP contribution in [-0.2, 0) is 9.59 Å². The predicted molar refractivity (Wildman–Crippen MR) is 78.8 cm³/mol. The molecule has 0 aromatic heterocycles. The molecule has 0 unspecified atom stereocenters. The molecule has 8 heteroatoms. The Morgan fingerprint density at radius 3 is 2.10 bits per heavy atom. The van der Waals surface area contributed by atoms with Gasteiger partial charge in [-0.3, -0.25) is 9.59 Å². The van der Waals surface area contributed by atoms with Gasteiger partial charge in [-0.25, -0.2) is 0 Å². The Kier molecular flexibility index (Phi) is 11.6. The van der Waals surface area contributed by atoms with Crippen LogP contribution in [0.3, 0.4) is 0 Å². The second-order valence-corrected chi connectivity index (χ2v) is 4.07. The Bertz CT molecular complexity index is 302. The molecule has 8 nitrogen and oxygen atoms in total. The molecule has 0 heterocycles. The molecule has 20 heavy (non-hydrogen) atoms. The van der Waals surface area contributed by atoms with Gasteiger partial charge in [-0.05, 0) is 0 Å². The molecule has 8 N–H and O–H groups in total. The van der Waals surface area contributed by atoms with Gasteiger partial charge in [0.2, 0.25) is 11.8 Å². The standard InChI is InChI=1S/C12H26N6O2/c13-3-6-16-7-8-17-11(19)1-2-12(20)18(9-4-14)10-5-15/h1-2,16H,3-10,13-15H2,(H,17,19)/b2-1+. The monoisotopic (exact) mass is 286 g/mol. The van der Waals surface area contributed by atoms with E-state index < -0.39 is 0 Å². The van der Waals surface area contributed by atoms with Gasteiger partial charge in [0.15, 0.2) is 0 Å². The molecule has 0 saturated heterocycles. The van der Waals surface area contributed by atoms with Gasteiger partial charge in [0.25, 0.3) is 0 Å². The van der Waals surface area contributed by atoms with Crippen molar-refractivity contribution in [2.24, 2.45) is 17.2 Å². The molecule has 0 fully saturated rings. The van der Waals surface area contributed by atoms with Crippen molar-refractivity contribution in [1.82, 2.24) is 15.5 Å². The number of carbonyl (C=O) groups excluding carboxylic acids is 2. The van der Waals surface area contributed by atoms with Gasteiger partial charge < -0.3 is 32.7 Å². The highest BCUT2D eigenvalue weighted by atomic mass is 16.2. The average molecular weight is 286 g/mol. The second-order valence-electron chi connectivity index (χ2n) is 4.07. The zero-order valence-corrected chi connectivity index (χ0v) is 11.8. The number of nitrogens with two attached hydrogens (primary N) is 3. The van der Waals surface area contributed by atoms with E-state index in [0.29, 0.717) is 52.4 Å². The Balaban J connectivity index is 3.99. The highest BCUT2D eigenvalue weighted by Crippen LogP contribution is 1.90. The molecular weight excluding hydrogens is 260 g/mol. The minimum absolute atomic E-state index is 0.266. The van der Waals surface area contributed by atoms with Gasteiger partial charge >= 0.3 is 0 Å². The molecule has 116 valence electrons. The van der Waals surface area contributed by atoms with Crippen LogP contribution in [0.15, 0.2) is 12.2 Å². The van der Waals surface area contributed by atoms with Crippen LogP contribution in [0.2, 0.25) is 0 Å². The van der Waals surface area contributed by atoms with Crippen molar-refractivity contribution in [3.63, 3.8) is 0 Å². The maximum absolute atomic E-state index is 11.8. The molecule has 0 saturated carbocycles. The van der Waals surface area contributed by atoms with Crippen LogP contribution >= 0.6 is 0 Å². The fourth-order valence-electron chi connectivity index (χ4n) is 1.46. The van der Waals surface area contributed by atoms with Gasteiger partial charge in [-0.2, -0.15) is 0 Å². The van der Waals surface area contributed by atoms with Crippen molar-refractivity contribution in [1.29, 1.82) is 0 Å². The zero-order valence-electron chi connectivity index (χ0n) is 11.8. The minimum atomic E-state index is -0.312. The third-order valence-corrected chi connectivity index (χ3v) is 2.41. The molecule has 2 amide bonds. The largest absolute Gasteiger partial charge is 0.351 e. The smallest absolute Gasteiger partial charge is 0.246 e. The van der Waals surface area contributed by atoms with E-state index in [9.17, 15) is 9.59 Å². The summed E-state index contributed by atoms with van der Waals surface area (Å²) in [6.45, 7) is 3.94. The van der Waals surface area contributed by atoms with Crippen molar-refractivity contribution >= 4 is 11.8 Å². The van der Waals surface area contributed by atoms with E-state index in [-0.39, 0.29) is 11.8 Å². The van der Waals surface area contributed by atoms with Crippen LogP contribution in [0.4, 0.5) is 0 Å². The number of carbonyl (C=O) groups is 2. The summed E-state index contributed by atoms with van der Waals surface area (Å²) in [5, 5.41) is 5.69. The van der Waals surface area contributed by atoms with Crippen molar-refractivity contribution < 1.29 is 9.59 Å². The maximum atomic E-state index is 11.8. The van der Waals surface area contributed by atoms with E-state index in [1.807, 2.05) is 0 Å². The number of nitrogens with one attached hydrogen (secondary N) is 2. The summed E-state index contributed by atoms with van der Waals surface area (Å²) in [5.41, 5.74) is 16.1. The first-order chi connectivity index (χ1) is 9.65. The van der Waals surface area contributed by atoms with Crippen molar-refractivity contribution in [3.05, 3.63) is 12.2 Å². The fraction of sp³-hybridized carbons (Fsp3) is 0.667. The summed E-state index contributed by atoms with van der Waals surface area (Å²) in [6.07, 6.45) is 2.44. The third-order valence-electron chi connectivity index (χ3n) is 2.41. The minimum Gasteiger partial charge on any atom is -0.351 e. The second kappa shape index (κ2) is 12.5. The van der Waals surface area contributed by atoms with E-state index in [4.69, 9.17) is 17.2 Å². The SMILES string of the molecule is NCCNCCNC(=O)/C=C/C(=O)N(CCN)CCN. The van der Waals surface area contributed by atoms with E-state index in [0.717, 1.165) is 0 Å². The van der Waals surface area contributed by atoms with Crippen LogP contribution in [0, 0.1) is 0 Å². The molecule has 0 aromatic carbocycles. The first-order valence-electron chi connectivity index (χ1n) is 6.71. The maximum Gasteiger partial charge on any atom is 0.246 e. The molecule has 0 rings (SSSR count).